The quantitative estimate of drug-likeness (QED) is 0.805. The third-order valence-corrected chi connectivity index (χ3v) is 2.65. The molecule has 1 heterocycles. The molecule has 1 aliphatic rings. The molecule has 0 unspecified atom stereocenters. The van der Waals surface area contributed by atoms with Crippen molar-refractivity contribution in [3.8, 4) is 0 Å². The second-order valence-corrected chi connectivity index (χ2v) is 3.82. The minimum absolute atomic E-state index is 0. The second-order valence-electron chi connectivity index (χ2n) is 2.91. The molecule has 1 saturated heterocycles. The number of benzene rings is 1. The van der Waals surface area contributed by atoms with Crippen LogP contribution >= 0.6 is 28.3 Å². The van der Waals surface area contributed by atoms with Gasteiger partial charge in [0.2, 0.25) is 0 Å². The standard InChI is InChI=1S/C9H10BrN.ClH/c10-9-3-1-7(2-4-9)8-5-11-6-8;/h1-4,8,11H,5-6H2;1H. The summed E-state index contributed by atoms with van der Waals surface area (Å²) < 4.78 is 1.16. The van der Waals surface area contributed by atoms with Gasteiger partial charge in [-0.3, -0.25) is 0 Å². The van der Waals surface area contributed by atoms with Gasteiger partial charge >= 0.3 is 0 Å². The predicted octanol–water partition coefficient (Wildman–Crippen LogP) is 2.56. The molecule has 0 atom stereocenters. The highest BCUT2D eigenvalue weighted by molar-refractivity contribution is 9.10. The average Bonchev–Trinajstić information content (AvgIpc) is 1.90. The zero-order chi connectivity index (χ0) is 7.68. The highest BCUT2D eigenvalue weighted by atomic mass is 79.9. The summed E-state index contributed by atoms with van der Waals surface area (Å²) in [4.78, 5) is 0. The Morgan fingerprint density at radius 2 is 1.75 bits per heavy atom. The largest absolute Gasteiger partial charge is 0.315 e. The third-order valence-electron chi connectivity index (χ3n) is 2.12. The van der Waals surface area contributed by atoms with Crippen molar-refractivity contribution in [1.29, 1.82) is 0 Å². The Hall–Kier alpha value is -0.0500. The van der Waals surface area contributed by atoms with Gasteiger partial charge in [-0.25, -0.2) is 0 Å². The van der Waals surface area contributed by atoms with E-state index in [1.54, 1.807) is 0 Å². The maximum Gasteiger partial charge on any atom is 0.0175 e. The van der Waals surface area contributed by atoms with Crippen LogP contribution in [0.3, 0.4) is 0 Å². The zero-order valence-electron chi connectivity index (χ0n) is 6.59. The Kier molecular flexibility index (Phi) is 3.56. The molecule has 2 rings (SSSR count). The predicted molar refractivity (Wildman–Crippen MR) is 57.0 cm³/mol. The van der Waals surface area contributed by atoms with E-state index in [9.17, 15) is 0 Å². The van der Waals surface area contributed by atoms with E-state index in [0.717, 1.165) is 23.5 Å². The molecular formula is C9H11BrClN. The Bertz CT molecular complexity index is 243. The number of rotatable bonds is 1. The smallest absolute Gasteiger partial charge is 0.0175 e. The molecule has 0 saturated carbocycles. The summed E-state index contributed by atoms with van der Waals surface area (Å²) in [5.41, 5.74) is 1.45. The monoisotopic (exact) mass is 247 g/mol. The van der Waals surface area contributed by atoms with Crippen molar-refractivity contribution in [2.45, 2.75) is 5.92 Å². The molecule has 0 amide bonds. The fourth-order valence-electron chi connectivity index (χ4n) is 1.26. The van der Waals surface area contributed by atoms with E-state index in [2.05, 4.69) is 45.5 Å². The van der Waals surface area contributed by atoms with Crippen molar-refractivity contribution < 1.29 is 0 Å². The first-order valence-corrected chi connectivity index (χ1v) is 4.62. The topological polar surface area (TPSA) is 12.0 Å². The van der Waals surface area contributed by atoms with Gasteiger partial charge in [-0.05, 0) is 17.7 Å². The molecular weight excluding hydrogens is 237 g/mol. The molecule has 66 valence electrons. The molecule has 1 aromatic rings. The Morgan fingerprint density at radius 3 is 2.17 bits per heavy atom. The van der Waals surface area contributed by atoms with Crippen molar-refractivity contribution in [3.05, 3.63) is 34.3 Å². The van der Waals surface area contributed by atoms with Gasteiger partial charge < -0.3 is 5.32 Å². The Balaban J connectivity index is 0.000000720. The normalized spacial score (nSPS) is 16.4. The molecule has 3 heteroatoms. The van der Waals surface area contributed by atoms with Crippen LogP contribution in [0.5, 0.6) is 0 Å². The lowest BCUT2D eigenvalue weighted by Crippen LogP contribution is -2.39. The first-order chi connectivity index (χ1) is 5.36. The van der Waals surface area contributed by atoms with E-state index in [0.29, 0.717) is 0 Å². The first kappa shape index (κ1) is 10.0. The van der Waals surface area contributed by atoms with E-state index in [4.69, 9.17) is 0 Å². The molecule has 12 heavy (non-hydrogen) atoms. The van der Waals surface area contributed by atoms with Crippen LogP contribution in [-0.2, 0) is 0 Å². The molecule has 0 aromatic heterocycles. The maximum absolute atomic E-state index is 3.42. The van der Waals surface area contributed by atoms with Crippen LogP contribution in [0.15, 0.2) is 28.7 Å². The lowest BCUT2D eigenvalue weighted by molar-refractivity contribution is 0.448. The molecule has 1 N–H and O–H groups in total. The van der Waals surface area contributed by atoms with Crippen LogP contribution in [0.2, 0.25) is 0 Å². The molecule has 0 bridgehead atoms. The summed E-state index contributed by atoms with van der Waals surface area (Å²) in [5.74, 6) is 0.753. The summed E-state index contributed by atoms with van der Waals surface area (Å²) in [6.07, 6.45) is 0. The summed E-state index contributed by atoms with van der Waals surface area (Å²) >= 11 is 3.42. The van der Waals surface area contributed by atoms with Gasteiger partial charge in [-0.1, -0.05) is 28.1 Å². The fraction of sp³-hybridized carbons (Fsp3) is 0.333. The Labute approximate surface area is 87.1 Å². The van der Waals surface area contributed by atoms with E-state index in [1.807, 2.05) is 0 Å². The van der Waals surface area contributed by atoms with Crippen molar-refractivity contribution in [2.75, 3.05) is 13.1 Å². The lowest BCUT2D eigenvalue weighted by Gasteiger charge is -2.27. The summed E-state index contributed by atoms with van der Waals surface area (Å²) in [6.45, 7) is 2.28. The lowest BCUT2D eigenvalue weighted by atomic mass is 9.94. The van der Waals surface area contributed by atoms with Gasteiger partial charge in [-0.2, -0.15) is 0 Å². The maximum atomic E-state index is 3.42. The molecule has 0 aliphatic carbocycles. The summed E-state index contributed by atoms with van der Waals surface area (Å²) in [5, 5.41) is 3.26. The van der Waals surface area contributed by atoms with E-state index in [1.165, 1.54) is 5.56 Å². The van der Waals surface area contributed by atoms with Crippen molar-refractivity contribution in [3.63, 3.8) is 0 Å². The second kappa shape index (κ2) is 4.26. The molecule has 0 spiro atoms. The van der Waals surface area contributed by atoms with E-state index in [-0.39, 0.29) is 12.4 Å². The molecule has 1 aliphatic heterocycles. The van der Waals surface area contributed by atoms with E-state index >= 15 is 0 Å². The number of nitrogens with one attached hydrogen (secondary N) is 1. The molecule has 1 fully saturated rings. The first-order valence-electron chi connectivity index (χ1n) is 3.82. The van der Waals surface area contributed by atoms with Crippen LogP contribution in [0.4, 0.5) is 0 Å². The molecule has 0 radical (unpaired) electrons. The van der Waals surface area contributed by atoms with Crippen LogP contribution < -0.4 is 5.32 Å². The zero-order valence-corrected chi connectivity index (χ0v) is 8.99. The van der Waals surface area contributed by atoms with Gasteiger partial charge in [0, 0.05) is 23.5 Å². The van der Waals surface area contributed by atoms with Crippen LogP contribution in [0, 0.1) is 0 Å². The minimum atomic E-state index is 0. The summed E-state index contributed by atoms with van der Waals surface area (Å²) in [7, 11) is 0. The fourth-order valence-corrected chi connectivity index (χ4v) is 1.52. The van der Waals surface area contributed by atoms with Crippen molar-refractivity contribution in [1.82, 2.24) is 5.32 Å². The van der Waals surface area contributed by atoms with Gasteiger partial charge in [0.05, 0.1) is 0 Å². The molecule has 1 aromatic carbocycles. The van der Waals surface area contributed by atoms with Gasteiger partial charge in [0.15, 0.2) is 0 Å². The van der Waals surface area contributed by atoms with Gasteiger partial charge in [-0.15, -0.1) is 12.4 Å². The average molecular weight is 249 g/mol. The van der Waals surface area contributed by atoms with Crippen molar-refractivity contribution in [2.24, 2.45) is 0 Å². The van der Waals surface area contributed by atoms with Gasteiger partial charge in [0.1, 0.15) is 0 Å². The number of hydrogen-bond donors (Lipinski definition) is 1. The number of hydrogen-bond acceptors (Lipinski definition) is 1. The van der Waals surface area contributed by atoms with Gasteiger partial charge in [0.25, 0.3) is 0 Å². The van der Waals surface area contributed by atoms with Crippen LogP contribution in [0.1, 0.15) is 11.5 Å². The SMILES string of the molecule is Brc1ccc(C2CNC2)cc1.Cl. The summed E-state index contributed by atoms with van der Waals surface area (Å²) in [6, 6.07) is 8.59. The van der Waals surface area contributed by atoms with Crippen molar-refractivity contribution >= 4 is 28.3 Å². The Morgan fingerprint density at radius 1 is 1.17 bits per heavy atom. The highest BCUT2D eigenvalue weighted by Crippen LogP contribution is 2.21. The third kappa shape index (κ3) is 2.00. The highest BCUT2D eigenvalue weighted by Gasteiger charge is 2.17. The van der Waals surface area contributed by atoms with Crippen LogP contribution in [0.25, 0.3) is 0 Å². The van der Waals surface area contributed by atoms with E-state index < -0.39 is 0 Å². The van der Waals surface area contributed by atoms with Crippen LogP contribution in [-0.4, -0.2) is 13.1 Å². The minimum Gasteiger partial charge on any atom is -0.315 e. The number of halogens is 2. The molecule has 1 nitrogen and oxygen atoms in total.